The van der Waals surface area contributed by atoms with Crippen LogP contribution in [0.1, 0.15) is 21.7 Å². The lowest BCUT2D eigenvalue weighted by Gasteiger charge is -2.09. The summed E-state index contributed by atoms with van der Waals surface area (Å²) in [5.74, 6) is 0. The molecule has 9 nitrogen and oxygen atoms in total. The van der Waals surface area contributed by atoms with E-state index in [4.69, 9.17) is 4.98 Å². The highest BCUT2D eigenvalue weighted by Crippen LogP contribution is 2.31. The van der Waals surface area contributed by atoms with E-state index in [-0.39, 0.29) is 5.56 Å². The smallest absolute Gasteiger partial charge is 0.291 e. The Kier molecular flexibility index (Phi) is 3.69. The first kappa shape index (κ1) is 17.2. The fraction of sp³-hybridized carbons (Fsp3) is 0.200. The fourth-order valence-corrected chi connectivity index (χ4v) is 5.09. The highest BCUT2D eigenvalue weighted by Gasteiger charge is 2.19. The monoisotopic (exact) mass is 416 g/mol. The maximum Gasteiger partial charge on any atom is 0.291 e. The van der Waals surface area contributed by atoms with Crippen molar-refractivity contribution < 1.29 is 0 Å². The molecule has 0 amide bonds. The summed E-state index contributed by atoms with van der Waals surface area (Å²) < 4.78 is 6.23. The summed E-state index contributed by atoms with van der Waals surface area (Å²) in [5.41, 5.74) is 4.63. The molecule has 0 atom stereocenters. The number of rotatable bonds is 4. The van der Waals surface area contributed by atoms with Crippen molar-refractivity contribution in [3.05, 3.63) is 69.1 Å². The number of hydrogen-bond donors (Lipinski definition) is 0. The van der Waals surface area contributed by atoms with E-state index in [1.807, 2.05) is 34.5 Å². The molecule has 0 unspecified atom stereocenters. The maximum absolute atomic E-state index is 13.3. The number of aromatic nitrogens is 7. The van der Waals surface area contributed by atoms with Crippen LogP contribution in [0, 0.1) is 0 Å². The van der Waals surface area contributed by atoms with Gasteiger partial charge in [0.15, 0.2) is 5.65 Å². The average molecular weight is 416 g/mol. The molecule has 0 bridgehead atoms. The van der Waals surface area contributed by atoms with Gasteiger partial charge in [-0.3, -0.25) is 9.79 Å². The van der Waals surface area contributed by atoms with E-state index in [0.29, 0.717) is 25.2 Å². The molecule has 1 aliphatic heterocycles. The molecule has 1 aliphatic rings. The molecule has 0 radical (unpaired) electrons. The fourth-order valence-electron chi connectivity index (χ4n) is 3.98. The van der Waals surface area contributed by atoms with Crippen LogP contribution < -0.4 is 5.56 Å². The molecule has 5 aromatic rings. The SMILES string of the molecule is Cn1c2nc(Cn3cnnc3)sc2c2cnn(Cc3cccc4c3C=NC4)c(=O)c21. The van der Waals surface area contributed by atoms with E-state index in [2.05, 4.69) is 26.4 Å². The van der Waals surface area contributed by atoms with Crippen molar-refractivity contribution in [2.24, 2.45) is 12.0 Å². The molecule has 0 saturated heterocycles. The second kappa shape index (κ2) is 6.42. The van der Waals surface area contributed by atoms with Gasteiger partial charge in [-0.2, -0.15) is 5.10 Å². The minimum Gasteiger partial charge on any atom is -0.323 e. The van der Waals surface area contributed by atoms with E-state index in [1.54, 1.807) is 30.2 Å². The van der Waals surface area contributed by atoms with E-state index in [0.717, 1.165) is 31.9 Å². The lowest BCUT2D eigenvalue weighted by Crippen LogP contribution is -2.25. The summed E-state index contributed by atoms with van der Waals surface area (Å²) in [5, 5.41) is 13.9. The molecule has 0 fully saturated rings. The van der Waals surface area contributed by atoms with Crippen LogP contribution in [0.2, 0.25) is 0 Å². The van der Waals surface area contributed by atoms with Gasteiger partial charge in [0.05, 0.1) is 30.5 Å². The molecule has 5 heterocycles. The first-order valence-corrected chi connectivity index (χ1v) is 10.3. The predicted octanol–water partition coefficient (Wildman–Crippen LogP) is 1.97. The van der Waals surface area contributed by atoms with Gasteiger partial charge in [-0.25, -0.2) is 9.67 Å². The Morgan fingerprint density at radius 2 is 2.03 bits per heavy atom. The van der Waals surface area contributed by atoms with Crippen LogP contribution in [-0.4, -0.2) is 40.3 Å². The van der Waals surface area contributed by atoms with E-state index in [9.17, 15) is 4.79 Å². The van der Waals surface area contributed by atoms with Crippen molar-refractivity contribution in [1.29, 1.82) is 0 Å². The van der Waals surface area contributed by atoms with Crippen molar-refractivity contribution >= 4 is 38.8 Å². The Balaban J connectivity index is 1.44. The molecule has 0 N–H and O–H groups in total. The van der Waals surface area contributed by atoms with Crippen LogP contribution in [0.3, 0.4) is 0 Å². The highest BCUT2D eigenvalue weighted by atomic mass is 32.1. The van der Waals surface area contributed by atoms with E-state index < -0.39 is 0 Å². The topological polar surface area (TPSA) is 95.8 Å². The van der Waals surface area contributed by atoms with Crippen LogP contribution in [0.15, 0.2) is 46.8 Å². The van der Waals surface area contributed by atoms with Gasteiger partial charge in [0.2, 0.25) is 0 Å². The molecule has 0 aliphatic carbocycles. The van der Waals surface area contributed by atoms with Gasteiger partial charge in [0.25, 0.3) is 5.56 Å². The Labute approximate surface area is 174 Å². The third-order valence-electron chi connectivity index (χ3n) is 5.44. The van der Waals surface area contributed by atoms with Crippen molar-refractivity contribution in [1.82, 2.24) is 34.1 Å². The lowest BCUT2D eigenvalue weighted by atomic mass is 10.0. The Morgan fingerprint density at radius 1 is 1.17 bits per heavy atom. The van der Waals surface area contributed by atoms with Crippen molar-refractivity contribution in [3.8, 4) is 0 Å². The zero-order chi connectivity index (χ0) is 20.2. The second-order valence-electron chi connectivity index (χ2n) is 7.28. The third-order valence-corrected chi connectivity index (χ3v) is 6.51. The Morgan fingerprint density at radius 3 is 2.90 bits per heavy atom. The van der Waals surface area contributed by atoms with Gasteiger partial charge >= 0.3 is 0 Å². The molecule has 10 heteroatoms. The molecule has 148 valence electrons. The maximum atomic E-state index is 13.3. The van der Waals surface area contributed by atoms with Crippen LogP contribution >= 0.6 is 11.3 Å². The summed E-state index contributed by atoms with van der Waals surface area (Å²) >= 11 is 1.57. The third kappa shape index (κ3) is 2.53. The minimum absolute atomic E-state index is 0.118. The van der Waals surface area contributed by atoms with Crippen molar-refractivity contribution in [2.75, 3.05) is 0 Å². The predicted molar refractivity (Wildman–Crippen MR) is 114 cm³/mol. The summed E-state index contributed by atoms with van der Waals surface area (Å²) in [6, 6.07) is 6.10. The summed E-state index contributed by atoms with van der Waals surface area (Å²) in [6.45, 7) is 1.70. The number of hydrogen-bond acceptors (Lipinski definition) is 7. The summed E-state index contributed by atoms with van der Waals surface area (Å²) in [7, 11) is 1.88. The van der Waals surface area contributed by atoms with Crippen LogP contribution in [0.5, 0.6) is 0 Å². The van der Waals surface area contributed by atoms with Gasteiger partial charge in [-0.15, -0.1) is 21.5 Å². The molecular formula is C20H16N8OS. The van der Waals surface area contributed by atoms with Crippen molar-refractivity contribution in [3.63, 3.8) is 0 Å². The average Bonchev–Trinajstić information content (AvgIpc) is 3.52. The Hall–Kier alpha value is -3.66. The quantitative estimate of drug-likeness (QED) is 0.446. The van der Waals surface area contributed by atoms with Crippen molar-refractivity contribution in [2.45, 2.75) is 19.6 Å². The highest BCUT2D eigenvalue weighted by molar-refractivity contribution is 7.19. The molecule has 1 aromatic carbocycles. The van der Waals surface area contributed by atoms with Gasteiger partial charge in [-0.1, -0.05) is 18.2 Å². The van der Waals surface area contributed by atoms with Gasteiger partial charge < -0.3 is 9.13 Å². The number of aryl methyl sites for hydroxylation is 1. The molecule has 6 rings (SSSR count). The normalized spacial score (nSPS) is 13.0. The number of nitrogens with zero attached hydrogens (tertiary/aromatic N) is 8. The first-order chi connectivity index (χ1) is 14.7. The molecular weight excluding hydrogens is 400 g/mol. The van der Waals surface area contributed by atoms with Crippen LogP contribution in [0.25, 0.3) is 21.3 Å². The van der Waals surface area contributed by atoms with Gasteiger partial charge in [-0.05, 0) is 11.1 Å². The summed E-state index contributed by atoms with van der Waals surface area (Å²) in [6.07, 6.45) is 6.98. The molecule has 0 spiro atoms. The molecule has 0 saturated carbocycles. The van der Waals surface area contributed by atoms with Gasteiger partial charge in [0, 0.05) is 24.2 Å². The van der Waals surface area contributed by atoms with E-state index in [1.165, 1.54) is 10.2 Å². The van der Waals surface area contributed by atoms with Gasteiger partial charge in [0.1, 0.15) is 23.2 Å². The lowest BCUT2D eigenvalue weighted by molar-refractivity contribution is 0.643. The second-order valence-corrected chi connectivity index (χ2v) is 8.37. The molecule has 4 aromatic heterocycles. The Bertz CT molecular complexity index is 1510. The standard InChI is InChI=1S/C20H16N8OS/c1-26-17-15(18-19(26)25-16(30-18)9-27-10-22-23-11-27)7-24-28(20(17)29)8-13-4-2-3-12-5-21-6-14(12)13/h2-4,6-7,10-11H,5,8-9H2,1H3. The summed E-state index contributed by atoms with van der Waals surface area (Å²) in [4.78, 5) is 22.3. The van der Waals surface area contributed by atoms with E-state index >= 15 is 0 Å². The van der Waals surface area contributed by atoms with Crippen LogP contribution in [0.4, 0.5) is 0 Å². The number of thiazole rings is 1. The zero-order valence-electron chi connectivity index (χ0n) is 16.1. The first-order valence-electron chi connectivity index (χ1n) is 9.46. The molecule has 30 heavy (non-hydrogen) atoms. The van der Waals surface area contributed by atoms with Crippen LogP contribution in [-0.2, 0) is 26.7 Å². The number of benzene rings is 1. The largest absolute Gasteiger partial charge is 0.323 e. The number of fused-ring (bicyclic) bond motifs is 4. The zero-order valence-corrected chi connectivity index (χ0v) is 16.9. The minimum atomic E-state index is -0.118. The number of aliphatic imine (C=N–C) groups is 1.